The second kappa shape index (κ2) is 6.54. The molecule has 0 aliphatic heterocycles. The summed E-state index contributed by atoms with van der Waals surface area (Å²) in [7, 11) is 0. The van der Waals surface area contributed by atoms with Crippen LogP contribution in [0.4, 0.5) is 11.6 Å². The Balaban J connectivity index is 2.11. The molecule has 1 aliphatic carbocycles. The minimum Gasteiger partial charge on any atom is -0.464 e. The molecule has 0 aromatic carbocycles. The first-order chi connectivity index (χ1) is 9.63. The summed E-state index contributed by atoms with van der Waals surface area (Å²) in [5.74, 6) is 2.50. The fraction of sp³-hybridized carbons (Fsp3) is 0.643. The molecule has 1 aliphatic rings. The van der Waals surface area contributed by atoms with Crippen LogP contribution in [0, 0.1) is 0 Å². The van der Waals surface area contributed by atoms with Gasteiger partial charge in [0.05, 0.1) is 6.61 Å². The van der Waals surface area contributed by atoms with E-state index in [9.17, 15) is 4.79 Å². The Bertz CT molecular complexity index is 474. The second-order valence-corrected chi connectivity index (χ2v) is 4.92. The van der Waals surface area contributed by atoms with E-state index >= 15 is 0 Å². The molecule has 1 aromatic rings. The van der Waals surface area contributed by atoms with E-state index in [-0.39, 0.29) is 5.97 Å². The van der Waals surface area contributed by atoms with Crippen molar-refractivity contribution in [2.75, 3.05) is 23.8 Å². The van der Waals surface area contributed by atoms with Crippen molar-refractivity contribution < 1.29 is 9.53 Å². The Kier molecular flexibility index (Phi) is 4.76. The van der Waals surface area contributed by atoms with Gasteiger partial charge in [-0.3, -0.25) is 0 Å². The molecule has 0 spiro atoms. The van der Waals surface area contributed by atoms with Gasteiger partial charge in [-0.2, -0.15) is 0 Å². The van der Waals surface area contributed by atoms with Crippen LogP contribution < -0.4 is 10.6 Å². The second-order valence-electron chi connectivity index (χ2n) is 4.92. The highest BCUT2D eigenvalue weighted by Gasteiger charge is 2.27. The van der Waals surface area contributed by atoms with Crippen LogP contribution in [0.5, 0.6) is 0 Å². The van der Waals surface area contributed by atoms with Crippen LogP contribution in [0.25, 0.3) is 0 Å². The predicted octanol–water partition coefficient (Wildman–Crippen LogP) is 2.15. The number of carbonyl (C=O) groups is 1. The molecular weight excluding hydrogens is 256 g/mol. The number of nitrogens with zero attached hydrogens (tertiary/aromatic N) is 2. The van der Waals surface area contributed by atoms with Gasteiger partial charge in [-0.15, -0.1) is 0 Å². The molecule has 6 nitrogen and oxygen atoms in total. The molecule has 0 bridgehead atoms. The lowest BCUT2D eigenvalue weighted by Crippen LogP contribution is -2.28. The largest absolute Gasteiger partial charge is 0.464 e. The predicted molar refractivity (Wildman–Crippen MR) is 77.9 cm³/mol. The van der Waals surface area contributed by atoms with Crippen LogP contribution in [0.15, 0.2) is 6.07 Å². The minimum absolute atomic E-state index is 0.274. The van der Waals surface area contributed by atoms with E-state index in [1.807, 2.05) is 13.0 Å². The van der Waals surface area contributed by atoms with Crippen molar-refractivity contribution in [3.05, 3.63) is 11.9 Å². The Morgan fingerprint density at radius 3 is 2.70 bits per heavy atom. The molecule has 0 saturated heterocycles. The Morgan fingerprint density at radius 1 is 1.40 bits per heavy atom. The van der Waals surface area contributed by atoms with Gasteiger partial charge in [-0.05, 0) is 33.6 Å². The zero-order valence-electron chi connectivity index (χ0n) is 12.3. The minimum atomic E-state index is -0.425. The van der Waals surface area contributed by atoms with E-state index in [0.29, 0.717) is 18.3 Å². The average Bonchev–Trinajstić information content (AvgIpc) is 3.23. The van der Waals surface area contributed by atoms with Gasteiger partial charge in [0.2, 0.25) is 0 Å². The highest BCUT2D eigenvalue weighted by molar-refractivity contribution is 5.78. The number of aromatic nitrogens is 2. The summed E-state index contributed by atoms with van der Waals surface area (Å²) >= 11 is 0. The maximum absolute atomic E-state index is 11.6. The lowest BCUT2D eigenvalue weighted by Gasteiger charge is -2.15. The normalized spacial score (nSPS) is 15.6. The van der Waals surface area contributed by atoms with Gasteiger partial charge in [-0.1, -0.05) is 0 Å². The van der Waals surface area contributed by atoms with Gasteiger partial charge in [0, 0.05) is 18.5 Å². The zero-order valence-corrected chi connectivity index (χ0v) is 12.3. The number of hydrogen-bond acceptors (Lipinski definition) is 6. The van der Waals surface area contributed by atoms with Crippen molar-refractivity contribution in [3.8, 4) is 0 Å². The topological polar surface area (TPSA) is 76.1 Å². The van der Waals surface area contributed by atoms with Crippen LogP contribution in [-0.2, 0) is 9.53 Å². The molecule has 1 fully saturated rings. The Morgan fingerprint density at radius 2 is 2.10 bits per heavy atom. The van der Waals surface area contributed by atoms with Crippen molar-refractivity contribution in [1.82, 2.24) is 9.97 Å². The fourth-order valence-corrected chi connectivity index (χ4v) is 1.88. The van der Waals surface area contributed by atoms with E-state index in [2.05, 4.69) is 20.6 Å². The quantitative estimate of drug-likeness (QED) is 0.744. The number of ether oxygens (including phenoxy) is 1. The van der Waals surface area contributed by atoms with E-state index in [0.717, 1.165) is 31.0 Å². The molecule has 6 heteroatoms. The van der Waals surface area contributed by atoms with Crippen molar-refractivity contribution in [2.45, 2.75) is 45.6 Å². The lowest BCUT2D eigenvalue weighted by molar-refractivity contribution is -0.143. The third kappa shape index (κ3) is 3.82. The summed E-state index contributed by atoms with van der Waals surface area (Å²) in [5, 5.41) is 6.27. The average molecular weight is 278 g/mol. The number of anilines is 2. The Labute approximate surface area is 119 Å². The van der Waals surface area contributed by atoms with Crippen LogP contribution in [0.1, 0.15) is 45.4 Å². The van der Waals surface area contributed by atoms with Gasteiger partial charge in [0.1, 0.15) is 23.5 Å². The third-order valence-corrected chi connectivity index (χ3v) is 3.05. The third-order valence-electron chi connectivity index (χ3n) is 3.05. The molecule has 0 amide bonds. The first-order valence-corrected chi connectivity index (χ1v) is 7.20. The van der Waals surface area contributed by atoms with E-state index in [1.54, 1.807) is 13.8 Å². The molecular formula is C14H22N4O2. The number of hydrogen-bond donors (Lipinski definition) is 2. The van der Waals surface area contributed by atoms with Gasteiger partial charge < -0.3 is 15.4 Å². The fourth-order valence-electron chi connectivity index (χ4n) is 1.88. The lowest BCUT2D eigenvalue weighted by atomic mass is 10.3. The molecule has 2 rings (SSSR count). The van der Waals surface area contributed by atoms with Crippen LogP contribution in [0.3, 0.4) is 0 Å². The molecule has 20 heavy (non-hydrogen) atoms. The van der Waals surface area contributed by atoms with Crippen molar-refractivity contribution >= 4 is 17.6 Å². The molecule has 110 valence electrons. The molecule has 0 radical (unpaired) electrons. The standard InChI is InChI=1S/C14H22N4O2/c1-4-15-11-8-12(16-9(3)14(19)20-5-2)18-13(17-11)10-6-7-10/h8-10H,4-7H2,1-3H3,(H2,15,16,17,18). The van der Waals surface area contributed by atoms with Crippen LogP contribution >= 0.6 is 0 Å². The monoisotopic (exact) mass is 278 g/mol. The molecule has 1 atom stereocenters. The molecule has 1 heterocycles. The summed E-state index contributed by atoms with van der Waals surface area (Å²) in [6, 6.07) is 1.40. The maximum atomic E-state index is 11.6. The van der Waals surface area contributed by atoms with Crippen molar-refractivity contribution in [1.29, 1.82) is 0 Å². The van der Waals surface area contributed by atoms with Gasteiger partial charge >= 0.3 is 5.97 Å². The van der Waals surface area contributed by atoms with Crippen LogP contribution in [0.2, 0.25) is 0 Å². The first-order valence-electron chi connectivity index (χ1n) is 7.20. The number of nitrogens with one attached hydrogen (secondary N) is 2. The van der Waals surface area contributed by atoms with E-state index in [4.69, 9.17) is 4.74 Å². The molecule has 1 aromatic heterocycles. The summed E-state index contributed by atoms with van der Waals surface area (Å²) < 4.78 is 4.98. The van der Waals surface area contributed by atoms with Gasteiger partial charge in [0.15, 0.2) is 0 Å². The summed E-state index contributed by atoms with van der Waals surface area (Å²) in [6.07, 6.45) is 2.28. The number of rotatable bonds is 7. The zero-order chi connectivity index (χ0) is 14.5. The highest BCUT2D eigenvalue weighted by atomic mass is 16.5. The van der Waals surface area contributed by atoms with Gasteiger partial charge in [0.25, 0.3) is 0 Å². The SMILES string of the molecule is CCNc1cc(NC(C)C(=O)OCC)nc(C2CC2)n1. The molecule has 1 saturated carbocycles. The van der Waals surface area contributed by atoms with Crippen LogP contribution in [-0.4, -0.2) is 35.1 Å². The first kappa shape index (κ1) is 14.6. The molecule has 2 N–H and O–H groups in total. The highest BCUT2D eigenvalue weighted by Crippen LogP contribution is 2.38. The summed E-state index contributed by atoms with van der Waals surface area (Å²) in [4.78, 5) is 20.6. The van der Waals surface area contributed by atoms with Crippen molar-refractivity contribution in [2.24, 2.45) is 0 Å². The van der Waals surface area contributed by atoms with Gasteiger partial charge in [-0.25, -0.2) is 14.8 Å². The molecule has 1 unspecified atom stereocenters. The number of carbonyl (C=O) groups excluding carboxylic acids is 1. The maximum Gasteiger partial charge on any atom is 0.328 e. The van der Waals surface area contributed by atoms with Crippen molar-refractivity contribution in [3.63, 3.8) is 0 Å². The van der Waals surface area contributed by atoms with E-state index in [1.165, 1.54) is 0 Å². The summed E-state index contributed by atoms with van der Waals surface area (Å²) in [5.41, 5.74) is 0. The Hall–Kier alpha value is -1.85. The smallest absolute Gasteiger partial charge is 0.328 e. The van der Waals surface area contributed by atoms with E-state index < -0.39 is 6.04 Å². The number of esters is 1. The summed E-state index contributed by atoms with van der Waals surface area (Å²) in [6.45, 7) is 6.76.